The quantitative estimate of drug-likeness (QED) is 0.404. The summed E-state index contributed by atoms with van der Waals surface area (Å²) in [5, 5.41) is 13.1. The van der Waals surface area contributed by atoms with E-state index in [-0.39, 0.29) is 42.1 Å². The molecule has 1 amide bonds. The van der Waals surface area contributed by atoms with E-state index in [9.17, 15) is 18.4 Å². The summed E-state index contributed by atoms with van der Waals surface area (Å²) in [7, 11) is 2.00. The number of nitrogens with one attached hydrogen (secondary N) is 1. The van der Waals surface area contributed by atoms with Gasteiger partial charge in [-0.2, -0.15) is 5.26 Å². The fourth-order valence-electron chi connectivity index (χ4n) is 6.24. The summed E-state index contributed by atoms with van der Waals surface area (Å²) in [6.45, 7) is 0. The lowest BCUT2D eigenvalue weighted by Gasteiger charge is -2.26. The second-order valence-electron chi connectivity index (χ2n) is 10.9. The van der Waals surface area contributed by atoms with E-state index in [1.807, 2.05) is 31.3 Å². The molecule has 2 heterocycles. The summed E-state index contributed by atoms with van der Waals surface area (Å²) < 4.78 is 29.6. The van der Waals surface area contributed by atoms with Gasteiger partial charge in [0.1, 0.15) is 11.5 Å². The van der Waals surface area contributed by atoms with Crippen LogP contribution in [0, 0.1) is 23.2 Å². The maximum atomic E-state index is 13.7. The van der Waals surface area contributed by atoms with E-state index in [0.29, 0.717) is 17.7 Å². The predicted octanol–water partition coefficient (Wildman–Crippen LogP) is 6.76. The van der Waals surface area contributed by atoms with Crippen LogP contribution in [0.2, 0.25) is 0 Å². The molecule has 38 heavy (non-hydrogen) atoms. The molecule has 3 unspecified atom stereocenters. The highest BCUT2D eigenvalue weighted by molar-refractivity contribution is 6.04. The zero-order valence-corrected chi connectivity index (χ0v) is 21.6. The largest absolute Gasteiger partial charge is 0.350 e. The first-order chi connectivity index (χ1) is 18.2. The van der Waals surface area contributed by atoms with Crippen molar-refractivity contribution < 1.29 is 18.4 Å². The van der Waals surface area contributed by atoms with Gasteiger partial charge in [0, 0.05) is 60.7 Å². The first-order valence-electron chi connectivity index (χ1n) is 13.4. The van der Waals surface area contributed by atoms with Gasteiger partial charge in [-0.15, -0.1) is 0 Å². The Morgan fingerprint density at radius 1 is 1.08 bits per heavy atom. The maximum absolute atomic E-state index is 13.7. The molecule has 6 nitrogen and oxygen atoms in total. The van der Waals surface area contributed by atoms with E-state index in [0.717, 1.165) is 49.4 Å². The van der Waals surface area contributed by atoms with Crippen molar-refractivity contribution in [1.82, 2.24) is 9.55 Å². The summed E-state index contributed by atoms with van der Waals surface area (Å²) >= 11 is 0. The normalized spacial score (nSPS) is 23.4. The summed E-state index contributed by atoms with van der Waals surface area (Å²) in [4.78, 5) is 30.0. The van der Waals surface area contributed by atoms with Crippen molar-refractivity contribution >= 4 is 28.3 Å². The van der Waals surface area contributed by atoms with Crippen LogP contribution in [0.5, 0.6) is 0 Å². The number of Topliss-reactive ketones (excluding diaryl/α,β-unsaturated/α-hetero) is 1. The number of amides is 1. The van der Waals surface area contributed by atoms with E-state index >= 15 is 0 Å². The number of benzene rings is 1. The lowest BCUT2D eigenvalue weighted by molar-refractivity contribution is -0.128. The fraction of sp³-hybridized carbons (Fsp3) is 0.467. The lowest BCUT2D eigenvalue weighted by Crippen LogP contribution is -2.25. The number of carbonyl (C=O) groups excluding carboxylic acids is 2. The SMILES string of the molecule is Cn1cc(C2CCCCC(C(=O)C3CCC(F)(F)C3)CC2)c2cc(NC(=O)c3cc(C#N)ccn3)ccc21. The summed E-state index contributed by atoms with van der Waals surface area (Å²) in [6.07, 6.45) is 8.68. The molecule has 198 valence electrons. The number of ketones is 1. The van der Waals surface area contributed by atoms with Gasteiger partial charge >= 0.3 is 0 Å². The molecule has 2 aliphatic carbocycles. The monoisotopic (exact) mass is 518 g/mol. The standard InChI is InChI=1S/C30H32F2N4O2/c1-36-18-25(20-4-2-3-5-21(7-6-20)28(37)22-10-12-30(31,32)16-22)24-15-23(8-9-27(24)36)35-29(38)26-14-19(17-33)11-13-34-26/h8-9,11,13-15,18,20-22H,2-7,10,12,16H2,1H3,(H,35,38). The fourth-order valence-corrected chi connectivity index (χ4v) is 6.24. The molecule has 1 aromatic carbocycles. The van der Waals surface area contributed by atoms with Gasteiger partial charge in [0.05, 0.1) is 11.6 Å². The van der Waals surface area contributed by atoms with Gasteiger partial charge in [-0.1, -0.05) is 12.8 Å². The smallest absolute Gasteiger partial charge is 0.274 e. The summed E-state index contributed by atoms with van der Waals surface area (Å²) in [5.74, 6) is -3.43. The number of aromatic nitrogens is 2. The Morgan fingerprint density at radius 3 is 2.66 bits per heavy atom. The molecule has 0 radical (unpaired) electrons. The maximum Gasteiger partial charge on any atom is 0.274 e. The highest BCUT2D eigenvalue weighted by atomic mass is 19.3. The molecule has 2 aliphatic rings. The average Bonchev–Trinajstić information content (AvgIpc) is 3.42. The van der Waals surface area contributed by atoms with E-state index in [2.05, 4.69) is 21.1 Å². The Morgan fingerprint density at radius 2 is 1.89 bits per heavy atom. The van der Waals surface area contributed by atoms with E-state index in [1.54, 1.807) is 6.07 Å². The van der Waals surface area contributed by atoms with Crippen LogP contribution in [0.3, 0.4) is 0 Å². The van der Waals surface area contributed by atoms with E-state index < -0.39 is 11.8 Å². The molecule has 3 aromatic rings. The van der Waals surface area contributed by atoms with Crippen molar-refractivity contribution in [2.75, 3.05) is 5.32 Å². The van der Waals surface area contributed by atoms with Crippen LogP contribution in [0.1, 0.15) is 85.3 Å². The third kappa shape index (κ3) is 5.47. The number of halogens is 2. The van der Waals surface area contributed by atoms with Crippen LogP contribution in [-0.4, -0.2) is 27.2 Å². The molecule has 5 rings (SSSR count). The second-order valence-corrected chi connectivity index (χ2v) is 10.9. The number of nitriles is 1. The number of carbonyl (C=O) groups is 2. The minimum atomic E-state index is -2.70. The molecule has 0 bridgehead atoms. The zero-order valence-electron chi connectivity index (χ0n) is 21.6. The van der Waals surface area contributed by atoms with Gasteiger partial charge in [-0.05, 0) is 73.9 Å². The number of alkyl halides is 2. The average molecular weight is 519 g/mol. The molecular weight excluding hydrogens is 486 g/mol. The van der Waals surface area contributed by atoms with Crippen molar-refractivity contribution in [2.45, 2.75) is 69.6 Å². The van der Waals surface area contributed by atoms with Gasteiger partial charge in [0.15, 0.2) is 0 Å². The molecule has 0 aliphatic heterocycles. The molecule has 8 heteroatoms. The second kappa shape index (κ2) is 10.6. The lowest BCUT2D eigenvalue weighted by atomic mass is 9.78. The molecule has 2 saturated carbocycles. The van der Waals surface area contributed by atoms with Gasteiger partial charge in [0.2, 0.25) is 5.92 Å². The Labute approximate surface area is 221 Å². The third-order valence-electron chi connectivity index (χ3n) is 8.27. The zero-order chi connectivity index (χ0) is 26.9. The van der Waals surface area contributed by atoms with Crippen molar-refractivity contribution in [3.63, 3.8) is 0 Å². The molecule has 2 fully saturated rings. The van der Waals surface area contributed by atoms with Crippen LogP contribution in [0.15, 0.2) is 42.7 Å². The summed E-state index contributed by atoms with van der Waals surface area (Å²) in [6, 6.07) is 10.8. The number of pyridine rings is 1. The number of aryl methyl sites for hydroxylation is 1. The molecule has 1 N–H and O–H groups in total. The number of anilines is 1. The van der Waals surface area contributed by atoms with Gasteiger partial charge in [-0.25, -0.2) is 8.78 Å². The first-order valence-corrected chi connectivity index (χ1v) is 13.4. The minimum absolute atomic E-state index is 0.0415. The van der Waals surface area contributed by atoms with Gasteiger partial charge in [0.25, 0.3) is 5.91 Å². The van der Waals surface area contributed by atoms with Gasteiger partial charge in [-0.3, -0.25) is 14.6 Å². The molecule has 3 atom stereocenters. The van der Waals surface area contributed by atoms with E-state index in [4.69, 9.17) is 5.26 Å². The number of fused-ring (bicyclic) bond motifs is 1. The number of nitrogens with zero attached hydrogens (tertiary/aromatic N) is 3. The molecular formula is C30H32F2N4O2. The van der Waals surface area contributed by atoms with Crippen molar-refractivity contribution in [3.05, 3.63) is 59.5 Å². The molecule has 0 spiro atoms. The number of hydrogen-bond donors (Lipinski definition) is 1. The van der Waals surface area contributed by atoms with Crippen LogP contribution >= 0.6 is 0 Å². The Hall–Kier alpha value is -3.60. The minimum Gasteiger partial charge on any atom is -0.350 e. The van der Waals surface area contributed by atoms with Crippen LogP contribution in [0.25, 0.3) is 10.9 Å². The van der Waals surface area contributed by atoms with Crippen molar-refractivity contribution in [2.24, 2.45) is 18.9 Å². The Kier molecular flexibility index (Phi) is 7.29. The Bertz CT molecular complexity index is 1410. The van der Waals surface area contributed by atoms with Crippen LogP contribution in [0.4, 0.5) is 14.5 Å². The Balaban J connectivity index is 1.34. The topological polar surface area (TPSA) is 87.8 Å². The van der Waals surface area contributed by atoms with Crippen LogP contribution in [-0.2, 0) is 11.8 Å². The van der Waals surface area contributed by atoms with E-state index in [1.165, 1.54) is 17.8 Å². The molecule has 2 aromatic heterocycles. The highest BCUT2D eigenvalue weighted by Gasteiger charge is 2.43. The van der Waals surface area contributed by atoms with Crippen molar-refractivity contribution in [3.8, 4) is 6.07 Å². The van der Waals surface area contributed by atoms with Crippen LogP contribution < -0.4 is 5.32 Å². The third-order valence-corrected chi connectivity index (χ3v) is 8.27. The van der Waals surface area contributed by atoms with Crippen molar-refractivity contribution in [1.29, 1.82) is 5.26 Å². The highest BCUT2D eigenvalue weighted by Crippen LogP contribution is 2.43. The van der Waals surface area contributed by atoms with Gasteiger partial charge < -0.3 is 9.88 Å². The first kappa shape index (κ1) is 26.0. The number of rotatable bonds is 5. The molecule has 0 saturated heterocycles. The number of hydrogen-bond acceptors (Lipinski definition) is 4. The summed E-state index contributed by atoms with van der Waals surface area (Å²) in [5.41, 5.74) is 3.41. The predicted molar refractivity (Wildman–Crippen MR) is 141 cm³/mol.